The first-order valence-electron chi connectivity index (χ1n) is 8.10. The summed E-state index contributed by atoms with van der Waals surface area (Å²) in [6.07, 6.45) is 1.92. The third-order valence-corrected chi connectivity index (χ3v) is 5.12. The summed E-state index contributed by atoms with van der Waals surface area (Å²) >= 11 is 1.52. The van der Waals surface area contributed by atoms with Crippen molar-refractivity contribution in [1.29, 1.82) is 0 Å². The van der Waals surface area contributed by atoms with E-state index in [-0.39, 0.29) is 5.78 Å². The summed E-state index contributed by atoms with van der Waals surface area (Å²) in [7, 11) is 0. The number of carbonyl (C=O) groups excluding carboxylic acids is 1. The lowest BCUT2D eigenvalue weighted by atomic mass is 10.1. The predicted octanol–water partition coefficient (Wildman–Crippen LogP) is 5.60. The number of hydrogen-bond donors (Lipinski definition) is 0. The number of Topliss-reactive ketones (excluding diaryl/α,β-unsaturated/α-hetero) is 1. The molecule has 25 heavy (non-hydrogen) atoms. The minimum Gasteiger partial charge on any atom is -0.488 e. The first-order valence-corrected chi connectivity index (χ1v) is 8.92. The highest BCUT2D eigenvalue weighted by atomic mass is 32.2. The van der Waals surface area contributed by atoms with Crippen molar-refractivity contribution in [3.63, 3.8) is 0 Å². The summed E-state index contributed by atoms with van der Waals surface area (Å²) in [6, 6.07) is 25.6. The van der Waals surface area contributed by atoms with Crippen LogP contribution < -0.4 is 4.74 Å². The topological polar surface area (TPSA) is 26.3 Å². The monoisotopic (exact) mass is 344 g/mol. The van der Waals surface area contributed by atoms with E-state index < -0.39 is 0 Å². The molecule has 0 spiro atoms. The molecule has 0 amide bonds. The first kappa shape index (κ1) is 15.7. The van der Waals surface area contributed by atoms with Crippen molar-refractivity contribution in [2.45, 2.75) is 11.5 Å². The second-order valence-corrected chi connectivity index (χ2v) is 6.83. The molecule has 0 aliphatic carbocycles. The Labute approximate surface area is 151 Å². The Morgan fingerprint density at radius 3 is 2.40 bits per heavy atom. The summed E-state index contributed by atoms with van der Waals surface area (Å²) in [5, 5.41) is 0. The van der Waals surface area contributed by atoms with Crippen LogP contribution in [0.5, 0.6) is 5.75 Å². The molecule has 2 nitrogen and oxygen atoms in total. The average Bonchev–Trinajstić information content (AvgIpc) is 2.98. The molecule has 0 saturated heterocycles. The van der Waals surface area contributed by atoms with Gasteiger partial charge in [-0.1, -0.05) is 72.4 Å². The number of ketones is 1. The van der Waals surface area contributed by atoms with Gasteiger partial charge in [-0.05, 0) is 29.8 Å². The van der Waals surface area contributed by atoms with Crippen LogP contribution in [-0.4, -0.2) is 5.78 Å². The number of benzene rings is 3. The highest BCUT2D eigenvalue weighted by Gasteiger charge is 2.25. The number of ether oxygens (including phenoxy) is 1. The van der Waals surface area contributed by atoms with Gasteiger partial charge < -0.3 is 4.74 Å². The minimum atomic E-state index is 0.0819. The van der Waals surface area contributed by atoms with E-state index in [2.05, 4.69) is 0 Å². The zero-order valence-electron chi connectivity index (χ0n) is 13.5. The highest BCUT2D eigenvalue weighted by Crippen LogP contribution is 2.41. The molecule has 0 fully saturated rings. The number of para-hydroxylation sites is 1. The number of rotatable bonds is 4. The van der Waals surface area contributed by atoms with Crippen molar-refractivity contribution in [3.8, 4) is 5.75 Å². The second-order valence-electron chi connectivity index (χ2n) is 5.75. The van der Waals surface area contributed by atoms with E-state index >= 15 is 0 Å². The Kier molecular flexibility index (Phi) is 4.40. The summed E-state index contributed by atoms with van der Waals surface area (Å²) in [4.78, 5) is 14.3. The summed E-state index contributed by atoms with van der Waals surface area (Å²) in [5.74, 6) is 0.863. The van der Waals surface area contributed by atoms with Crippen molar-refractivity contribution in [2.75, 3.05) is 0 Å². The molecule has 1 aliphatic rings. The average molecular weight is 344 g/mol. The molecule has 3 aromatic rings. The number of thioether (sulfide) groups is 1. The summed E-state index contributed by atoms with van der Waals surface area (Å²) in [6.45, 7) is 0.502. The Bertz CT molecular complexity index is 945. The summed E-state index contributed by atoms with van der Waals surface area (Å²) < 4.78 is 5.98. The third kappa shape index (κ3) is 3.37. The van der Waals surface area contributed by atoms with Crippen molar-refractivity contribution in [3.05, 3.63) is 100 Å². The first-order chi connectivity index (χ1) is 12.3. The fourth-order valence-electron chi connectivity index (χ4n) is 2.74. The number of allylic oxidation sites excluding steroid dienone is 1. The predicted molar refractivity (Wildman–Crippen MR) is 102 cm³/mol. The van der Waals surface area contributed by atoms with Gasteiger partial charge in [0.2, 0.25) is 5.78 Å². The molecule has 4 rings (SSSR count). The fourth-order valence-corrected chi connectivity index (χ4v) is 3.79. The van der Waals surface area contributed by atoms with E-state index in [0.29, 0.717) is 6.61 Å². The highest BCUT2D eigenvalue weighted by molar-refractivity contribution is 8.04. The normalized spacial score (nSPS) is 14.6. The lowest BCUT2D eigenvalue weighted by Gasteiger charge is -2.09. The van der Waals surface area contributed by atoms with Crippen LogP contribution >= 0.6 is 11.8 Å². The van der Waals surface area contributed by atoms with E-state index in [9.17, 15) is 4.79 Å². The van der Waals surface area contributed by atoms with Crippen molar-refractivity contribution < 1.29 is 9.53 Å². The second kappa shape index (κ2) is 6.99. The molecule has 0 aromatic heterocycles. The van der Waals surface area contributed by atoms with Gasteiger partial charge in [0.15, 0.2) is 0 Å². The zero-order chi connectivity index (χ0) is 17.1. The minimum absolute atomic E-state index is 0.0819. The Hall–Kier alpha value is -2.78. The molecule has 3 heteroatoms. The van der Waals surface area contributed by atoms with E-state index in [4.69, 9.17) is 4.74 Å². The maximum Gasteiger partial charge on any atom is 0.200 e. The maximum atomic E-state index is 12.6. The molecule has 3 aromatic carbocycles. The van der Waals surface area contributed by atoms with Crippen molar-refractivity contribution >= 4 is 23.6 Å². The van der Waals surface area contributed by atoms with Crippen molar-refractivity contribution in [2.24, 2.45) is 0 Å². The van der Waals surface area contributed by atoms with Crippen LogP contribution in [0.25, 0.3) is 6.08 Å². The Balaban J connectivity index is 1.59. The molecule has 0 N–H and O–H groups in total. The molecule has 0 unspecified atom stereocenters. The largest absolute Gasteiger partial charge is 0.488 e. The van der Waals surface area contributed by atoms with Gasteiger partial charge in [-0.3, -0.25) is 4.79 Å². The lowest BCUT2D eigenvalue weighted by Crippen LogP contribution is -1.97. The van der Waals surface area contributed by atoms with E-state index in [1.54, 1.807) is 0 Å². The molecule has 0 bridgehead atoms. The van der Waals surface area contributed by atoms with Crippen LogP contribution in [0, 0.1) is 0 Å². The molecular formula is C22H16O2S. The van der Waals surface area contributed by atoms with E-state index in [1.165, 1.54) is 11.8 Å². The van der Waals surface area contributed by atoms with Gasteiger partial charge >= 0.3 is 0 Å². The molecule has 0 radical (unpaired) electrons. The molecule has 0 atom stereocenters. The van der Waals surface area contributed by atoms with Gasteiger partial charge in [0, 0.05) is 16.0 Å². The smallest absolute Gasteiger partial charge is 0.200 e. The van der Waals surface area contributed by atoms with Crippen molar-refractivity contribution in [1.82, 2.24) is 0 Å². The molecule has 1 heterocycles. The molecule has 1 aliphatic heterocycles. The third-order valence-electron chi connectivity index (χ3n) is 4.02. The van der Waals surface area contributed by atoms with Crippen LogP contribution in [0.3, 0.4) is 0 Å². The molecular weight excluding hydrogens is 328 g/mol. The SMILES string of the molecule is O=C1/C(=C/c2ccccc2OCc2ccccc2)Sc2ccccc21. The number of hydrogen-bond acceptors (Lipinski definition) is 3. The van der Waals surface area contributed by atoms with Gasteiger partial charge in [0.05, 0.1) is 4.91 Å². The van der Waals surface area contributed by atoms with Gasteiger partial charge in [-0.15, -0.1) is 0 Å². The van der Waals surface area contributed by atoms with Crippen LogP contribution in [0.15, 0.2) is 88.7 Å². The number of fused-ring (bicyclic) bond motifs is 1. The van der Waals surface area contributed by atoms with Crippen LogP contribution in [-0.2, 0) is 6.61 Å². The zero-order valence-corrected chi connectivity index (χ0v) is 14.3. The van der Waals surface area contributed by atoms with Gasteiger partial charge in [-0.25, -0.2) is 0 Å². The summed E-state index contributed by atoms with van der Waals surface area (Å²) in [5.41, 5.74) is 2.81. The molecule has 0 saturated carbocycles. The van der Waals surface area contributed by atoms with Gasteiger partial charge in [0.25, 0.3) is 0 Å². The van der Waals surface area contributed by atoms with Crippen LogP contribution in [0.4, 0.5) is 0 Å². The van der Waals surface area contributed by atoms with E-state index in [1.807, 2.05) is 84.9 Å². The Morgan fingerprint density at radius 2 is 1.56 bits per heavy atom. The Morgan fingerprint density at radius 1 is 0.840 bits per heavy atom. The van der Waals surface area contributed by atoms with Gasteiger partial charge in [0.1, 0.15) is 12.4 Å². The fraction of sp³-hybridized carbons (Fsp3) is 0.0455. The quantitative estimate of drug-likeness (QED) is 0.577. The lowest BCUT2D eigenvalue weighted by molar-refractivity contribution is 0.104. The van der Waals surface area contributed by atoms with Crippen LogP contribution in [0.2, 0.25) is 0 Å². The standard InChI is InChI=1S/C22H16O2S/c23-22-18-11-5-7-13-20(18)25-21(22)14-17-10-4-6-12-19(17)24-15-16-8-2-1-3-9-16/h1-14H,15H2/b21-14-. The van der Waals surface area contributed by atoms with E-state index in [0.717, 1.165) is 32.2 Å². The number of carbonyl (C=O) groups is 1. The molecule has 122 valence electrons. The van der Waals surface area contributed by atoms with Gasteiger partial charge in [-0.2, -0.15) is 0 Å². The maximum absolute atomic E-state index is 12.6. The van der Waals surface area contributed by atoms with Crippen LogP contribution in [0.1, 0.15) is 21.5 Å².